The highest BCUT2D eigenvalue weighted by Crippen LogP contribution is 2.35. The third-order valence-electron chi connectivity index (χ3n) is 5.99. The normalized spacial score (nSPS) is 11.1. The van der Waals surface area contributed by atoms with Gasteiger partial charge in [-0.2, -0.15) is 5.10 Å². The van der Waals surface area contributed by atoms with Crippen LogP contribution in [0, 0.1) is 5.82 Å². The Kier molecular flexibility index (Phi) is 8.30. The first-order valence-electron chi connectivity index (χ1n) is 12.4. The quantitative estimate of drug-likeness (QED) is 0.229. The summed E-state index contributed by atoms with van der Waals surface area (Å²) in [7, 11) is 1.56. The molecule has 1 heterocycles. The number of phenols is 2. The molecule has 10 nitrogen and oxygen atoms in total. The minimum Gasteiger partial charge on any atom is -0.507 e. The number of nitrogens with one attached hydrogen (secondary N) is 2. The summed E-state index contributed by atoms with van der Waals surface area (Å²) in [6.07, 6.45) is 0. The Morgan fingerprint density at radius 1 is 1.13 bits per heavy atom. The molecule has 0 bridgehead atoms. The molecule has 3 aromatic carbocycles. The van der Waals surface area contributed by atoms with Crippen LogP contribution in [0.15, 0.2) is 65.5 Å². The van der Waals surface area contributed by atoms with E-state index in [0.717, 1.165) is 16.2 Å². The number of aromatic nitrogens is 3. The molecule has 11 heteroatoms. The van der Waals surface area contributed by atoms with Crippen LogP contribution in [0.25, 0.3) is 17.1 Å². The molecular weight excluding hydrogens is 505 g/mol. The first kappa shape index (κ1) is 27.4. The summed E-state index contributed by atoms with van der Waals surface area (Å²) in [6, 6.07) is 15.5. The lowest BCUT2D eigenvalue weighted by Gasteiger charge is -2.21. The number of phenolic OH excluding ortho intramolecular Hbond substituents is 2. The SMILES string of the molecule is CC(C)NCCOc1ccccc1CN(C)C(=O)c1cc(-c2n[nH]c(=O)n2-c2ccccc2F)c(O)cc1O. The van der Waals surface area contributed by atoms with Crippen molar-refractivity contribution in [1.29, 1.82) is 0 Å². The predicted octanol–water partition coefficient (Wildman–Crippen LogP) is 3.43. The second-order valence-corrected chi connectivity index (χ2v) is 9.25. The van der Waals surface area contributed by atoms with Gasteiger partial charge in [-0.3, -0.25) is 4.79 Å². The van der Waals surface area contributed by atoms with Gasteiger partial charge < -0.3 is 25.2 Å². The van der Waals surface area contributed by atoms with Gasteiger partial charge in [-0.15, -0.1) is 0 Å². The molecule has 1 amide bonds. The van der Waals surface area contributed by atoms with E-state index in [0.29, 0.717) is 24.9 Å². The Morgan fingerprint density at radius 3 is 2.59 bits per heavy atom. The lowest BCUT2D eigenvalue weighted by molar-refractivity contribution is 0.0781. The first-order valence-corrected chi connectivity index (χ1v) is 12.4. The largest absolute Gasteiger partial charge is 0.507 e. The fourth-order valence-corrected chi connectivity index (χ4v) is 4.08. The number of hydrogen-bond acceptors (Lipinski definition) is 7. The molecule has 0 aliphatic heterocycles. The highest BCUT2D eigenvalue weighted by atomic mass is 19.1. The molecule has 4 aromatic rings. The predicted molar refractivity (Wildman–Crippen MR) is 144 cm³/mol. The number of para-hydroxylation sites is 2. The summed E-state index contributed by atoms with van der Waals surface area (Å²) in [5.41, 5.74) is -0.262. The number of carbonyl (C=O) groups excluding carboxylic acids is 1. The molecule has 0 fully saturated rings. The number of amides is 1. The molecule has 1 aromatic heterocycles. The first-order chi connectivity index (χ1) is 18.7. The van der Waals surface area contributed by atoms with E-state index in [2.05, 4.69) is 15.5 Å². The van der Waals surface area contributed by atoms with Crippen LogP contribution in [0.1, 0.15) is 29.8 Å². The molecule has 4 rings (SSSR count). The Bertz CT molecular complexity index is 1530. The molecule has 4 N–H and O–H groups in total. The van der Waals surface area contributed by atoms with Crippen LogP contribution in [0.3, 0.4) is 0 Å². The number of hydrogen-bond donors (Lipinski definition) is 4. The van der Waals surface area contributed by atoms with Crippen LogP contribution in [0.4, 0.5) is 4.39 Å². The van der Waals surface area contributed by atoms with Crippen LogP contribution >= 0.6 is 0 Å². The van der Waals surface area contributed by atoms with Crippen molar-refractivity contribution in [2.24, 2.45) is 0 Å². The van der Waals surface area contributed by atoms with Gasteiger partial charge >= 0.3 is 5.69 Å². The Hall–Kier alpha value is -4.64. The summed E-state index contributed by atoms with van der Waals surface area (Å²) in [4.78, 5) is 27.3. The van der Waals surface area contributed by atoms with Gasteiger partial charge in [0.25, 0.3) is 5.91 Å². The molecule has 39 heavy (non-hydrogen) atoms. The van der Waals surface area contributed by atoms with Crippen molar-refractivity contribution in [1.82, 2.24) is 25.0 Å². The molecule has 0 radical (unpaired) electrons. The van der Waals surface area contributed by atoms with E-state index in [1.807, 2.05) is 38.1 Å². The number of nitrogens with zero attached hydrogens (tertiary/aromatic N) is 3. The number of ether oxygens (including phenoxy) is 1. The monoisotopic (exact) mass is 535 g/mol. The molecule has 0 aliphatic carbocycles. The Morgan fingerprint density at radius 2 is 1.85 bits per heavy atom. The van der Waals surface area contributed by atoms with Crippen LogP contribution in [-0.4, -0.2) is 62.0 Å². The zero-order chi connectivity index (χ0) is 28.1. The van der Waals surface area contributed by atoms with Crippen molar-refractivity contribution in [3.8, 4) is 34.3 Å². The average molecular weight is 536 g/mol. The second kappa shape index (κ2) is 11.8. The smallest absolute Gasteiger partial charge is 0.348 e. The van der Waals surface area contributed by atoms with Crippen LogP contribution in [0.5, 0.6) is 17.2 Å². The van der Waals surface area contributed by atoms with Crippen molar-refractivity contribution in [2.75, 3.05) is 20.2 Å². The number of benzene rings is 3. The summed E-state index contributed by atoms with van der Waals surface area (Å²) < 4.78 is 21.3. The maximum Gasteiger partial charge on any atom is 0.348 e. The lowest BCUT2D eigenvalue weighted by atomic mass is 10.1. The van der Waals surface area contributed by atoms with Crippen LogP contribution in [0.2, 0.25) is 0 Å². The zero-order valence-electron chi connectivity index (χ0n) is 21.8. The standard InChI is InChI=1S/C28H30FN5O5/c1-17(2)30-12-13-39-25-11-7-4-8-18(25)16-33(3)27(37)20-14-19(23(35)15-24(20)36)26-31-32-28(38)34(26)22-10-6-5-9-21(22)29/h4-11,14-15,17,30,35-36H,12-13,16H2,1-3H3,(H,32,38). The lowest BCUT2D eigenvalue weighted by Crippen LogP contribution is -2.28. The molecule has 0 saturated carbocycles. The van der Waals surface area contributed by atoms with E-state index in [9.17, 15) is 24.2 Å². The fourth-order valence-electron chi connectivity index (χ4n) is 4.08. The van der Waals surface area contributed by atoms with Crippen molar-refractivity contribution >= 4 is 5.91 Å². The van der Waals surface area contributed by atoms with E-state index in [4.69, 9.17) is 4.74 Å². The van der Waals surface area contributed by atoms with E-state index in [1.54, 1.807) is 13.1 Å². The highest BCUT2D eigenvalue weighted by Gasteiger charge is 2.24. The Balaban J connectivity index is 1.62. The molecule has 0 spiro atoms. The van der Waals surface area contributed by atoms with Crippen molar-refractivity contribution in [2.45, 2.75) is 26.4 Å². The van der Waals surface area contributed by atoms with Gasteiger partial charge in [0.2, 0.25) is 0 Å². The Labute approximate surface area is 224 Å². The van der Waals surface area contributed by atoms with Crippen LogP contribution in [-0.2, 0) is 6.54 Å². The molecule has 0 saturated heterocycles. The maximum absolute atomic E-state index is 14.5. The van der Waals surface area contributed by atoms with Gasteiger partial charge in [0, 0.05) is 37.8 Å². The fraction of sp³-hybridized carbons (Fsp3) is 0.250. The summed E-state index contributed by atoms with van der Waals surface area (Å²) in [5, 5.41) is 30.6. The number of H-pyrrole nitrogens is 1. The summed E-state index contributed by atoms with van der Waals surface area (Å²) >= 11 is 0. The van der Waals surface area contributed by atoms with E-state index < -0.39 is 28.9 Å². The molecule has 0 atom stereocenters. The highest BCUT2D eigenvalue weighted by molar-refractivity contribution is 5.98. The van der Waals surface area contributed by atoms with Gasteiger partial charge in [0.05, 0.1) is 16.8 Å². The van der Waals surface area contributed by atoms with E-state index in [-0.39, 0.29) is 29.2 Å². The number of aromatic hydroxyl groups is 2. The van der Waals surface area contributed by atoms with Crippen molar-refractivity contribution < 1.29 is 24.1 Å². The molecule has 0 unspecified atom stereocenters. The summed E-state index contributed by atoms with van der Waals surface area (Å²) in [6.45, 7) is 5.37. The number of carbonyl (C=O) groups is 1. The van der Waals surface area contributed by atoms with Crippen LogP contribution < -0.4 is 15.7 Å². The molecule has 0 aliphatic rings. The topological polar surface area (TPSA) is 133 Å². The molecule has 204 valence electrons. The van der Waals surface area contributed by atoms with Gasteiger partial charge in [-0.25, -0.2) is 18.9 Å². The molecular formula is C28H30FN5O5. The summed E-state index contributed by atoms with van der Waals surface area (Å²) in [5.74, 6) is -1.65. The van der Waals surface area contributed by atoms with Gasteiger partial charge in [-0.05, 0) is 24.3 Å². The minimum atomic E-state index is -0.743. The van der Waals surface area contributed by atoms with E-state index in [1.165, 1.54) is 29.2 Å². The zero-order valence-corrected chi connectivity index (χ0v) is 21.8. The average Bonchev–Trinajstić information content (AvgIpc) is 3.28. The number of aromatic amines is 1. The van der Waals surface area contributed by atoms with Gasteiger partial charge in [0.1, 0.15) is 29.7 Å². The van der Waals surface area contributed by atoms with Gasteiger partial charge in [0.15, 0.2) is 5.82 Å². The number of rotatable bonds is 10. The second-order valence-electron chi connectivity index (χ2n) is 9.25. The van der Waals surface area contributed by atoms with Gasteiger partial charge in [-0.1, -0.05) is 44.2 Å². The maximum atomic E-state index is 14.5. The third kappa shape index (κ3) is 6.10. The number of halogens is 1. The van der Waals surface area contributed by atoms with E-state index >= 15 is 0 Å². The van der Waals surface area contributed by atoms with Crippen molar-refractivity contribution in [3.63, 3.8) is 0 Å². The van der Waals surface area contributed by atoms with Crippen molar-refractivity contribution in [3.05, 3.63) is 88.1 Å². The third-order valence-corrected chi connectivity index (χ3v) is 5.99. The minimum absolute atomic E-state index is 0.0486.